The Morgan fingerprint density at radius 2 is 1.29 bits per heavy atom. The number of ether oxygens (including phenoxy) is 5. The molecule has 1 saturated heterocycles. The zero-order chi connectivity index (χ0) is 38.7. The number of carbonyl (C=O) groups excluding carboxylic acids is 1. The second-order valence-corrected chi connectivity index (χ2v) is 15.0. The smallest absolute Gasteiger partial charge is 0.494 e. The number of fused-ring (bicyclic) bond motifs is 2. The van der Waals surface area contributed by atoms with Gasteiger partial charge in [-0.3, -0.25) is 9.97 Å². The average Bonchev–Trinajstić information content (AvgIpc) is 3.20. The summed E-state index contributed by atoms with van der Waals surface area (Å²) in [5.41, 5.74) is 5.22. The number of aromatic nitrogens is 2. The maximum Gasteiger partial charge on any atom is 0.528 e. The fraction of sp³-hybridized carbons (Fsp3) is 0.326. The van der Waals surface area contributed by atoms with Gasteiger partial charge in [-0.15, -0.1) is 5.06 Å². The normalized spacial score (nSPS) is 17.5. The van der Waals surface area contributed by atoms with Crippen molar-refractivity contribution in [2.45, 2.75) is 70.7 Å². The molecule has 10 nitrogen and oxygen atoms in total. The molecule has 0 amide bonds. The molecule has 0 bridgehead atoms. The molecule has 1 unspecified atom stereocenters. The summed E-state index contributed by atoms with van der Waals surface area (Å²) < 4.78 is 31.0. The zero-order valence-corrected chi connectivity index (χ0v) is 32.2. The summed E-state index contributed by atoms with van der Waals surface area (Å²) in [7, 11) is 0. The number of nitrogens with zero attached hydrogens (tertiary/aromatic N) is 3. The van der Waals surface area contributed by atoms with Crippen LogP contribution in [0.1, 0.15) is 55.4 Å². The highest BCUT2D eigenvalue weighted by atomic mass is 16.8. The fourth-order valence-electron chi connectivity index (χ4n) is 6.84. The van der Waals surface area contributed by atoms with Crippen molar-refractivity contribution in [3.63, 3.8) is 0 Å². The SMILES string of the molecule is CC(C)(C)OC(=O)ON1C[C@H](OCc2ccc3cccnc3c2)C(c2ccc(OCCCOCc3ccccc3)cc2)[C@H](OCc2ccc3cccnc3c2)C1. The largest absolute Gasteiger partial charge is 0.528 e. The summed E-state index contributed by atoms with van der Waals surface area (Å²) in [6.07, 6.45) is 2.71. The van der Waals surface area contributed by atoms with Crippen molar-refractivity contribution < 1.29 is 33.3 Å². The summed E-state index contributed by atoms with van der Waals surface area (Å²) >= 11 is 0. The van der Waals surface area contributed by atoms with Gasteiger partial charge in [0.1, 0.15) is 11.4 Å². The first-order chi connectivity index (χ1) is 27.3. The summed E-state index contributed by atoms with van der Waals surface area (Å²) in [5, 5.41) is 3.72. The number of pyridine rings is 2. The molecule has 0 N–H and O–H groups in total. The van der Waals surface area contributed by atoms with Crippen LogP contribution in [-0.2, 0) is 43.6 Å². The van der Waals surface area contributed by atoms with Crippen LogP contribution in [0.5, 0.6) is 5.75 Å². The monoisotopic (exact) mass is 755 g/mol. The van der Waals surface area contributed by atoms with Crippen LogP contribution in [0, 0.1) is 0 Å². The van der Waals surface area contributed by atoms with Gasteiger partial charge < -0.3 is 28.5 Å². The van der Waals surface area contributed by atoms with Crippen LogP contribution < -0.4 is 4.74 Å². The lowest BCUT2D eigenvalue weighted by atomic mass is 9.85. The third kappa shape index (κ3) is 10.9. The second-order valence-electron chi connectivity index (χ2n) is 15.0. The minimum Gasteiger partial charge on any atom is -0.494 e. The molecule has 6 aromatic rings. The molecule has 1 fully saturated rings. The molecule has 0 spiro atoms. The number of hydrogen-bond acceptors (Lipinski definition) is 10. The summed E-state index contributed by atoms with van der Waals surface area (Å²) in [4.78, 5) is 27.8. The lowest BCUT2D eigenvalue weighted by molar-refractivity contribution is -0.209. The molecule has 10 heteroatoms. The molecule has 0 radical (unpaired) electrons. The van der Waals surface area contributed by atoms with Crippen molar-refractivity contribution in [3.8, 4) is 5.75 Å². The van der Waals surface area contributed by atoms with E-state index in [1.807, 2.05) is 87.5 Å². The Morgan fingerprint density at radius 3 is 1.88 bits per heavy atom. The van der Waals surface area contributed by atoms with Gasteiger partial charge in [-0.2, -0.15) is 0 Å². The van der Waals surface area contributed by atoms with Crippen molar-refractivity contribution in [2.75, 3.05) is 26.3 Å². The third-order valence-electron chi connectivity index (χ3n) is 9.51. The molecule has 1 aliphatic rings. The first-order valence-electron chi connectivity index (χ1n) is 19.2. The van der Waals surface area contributed by atoms with Crippen molar-refractivity contribution in [2.24, 2.45) is 0 Å². The van der Waals surface area contributed by atoms with Gasteiger partial charge >= 0.3 is 6.16 Å². The highest BCUT2D eigenvalue weighted by Crippen LogP contribution is 2.35. The molecule has 3 atom stereocenters. The second kappa shape index (κ2) is 18.5. The zero-order valence-electron chi connectivity index (χ0n) is 32.2. The number of carbonyl (C=O) groups is 1. The molecule has 3 heterocycles. The lowest BCUT2D eigenvalue weighted by Crippen LogP contribution is -2.53. The van der Waals surface area contributed by atoms with Gasteiger partial charge in [-0.1, -0.05) is 78.9 Å². The Morgan fingerprint density at radius 1 is 0.679 bits per heavy atom. The first-order valence-corrected chi connectivity index (χ1v) is 19.2. The number of piperidine rings is 1. The first kappa shape index (κ1) is 38.9. The molecular formula is C46H49N3O7. The number of hydrogen-bond donors (Lipinski definition) is 0. The highest BCUT2D eigenvalue weighted by Gasteiger charge is 2.41. The minimum absolute atomic E-state index is 0.217. The Bertz CT molecular complexity index is 2080. The molecule has 56 heavy (non-hydrogen) atoms. The molecular weight excluding hydrogens is 707 g/mol. The van der Waals surface area contributed by atoms with Crippen LogP contribution in [-0.4, -0.2) is 65.3 Å². The molecule has 2 aromatic heterocycles. The average molecular weight is 756 g/mol. The number of hydroxylamine groups is 2. The van der Waals surface area contributed by atoms with Gasteiger partial charge in [0.05, 0.1) is 69.4 Å². The van der Waals surface area contributed by atoms with E-state index in [9.17, 15) is 4.79 Å². The number of benzene rings is 4. The summed E-state index contributed by atoms with van der Waals surface area (Å²) in [5.74, 6) is 0.552. The van der Waals surface area contributed by atoms with E-state index in [0.717, 1.165) is 56.2 Å². The van der Waals surface area contributed by atoms with Crippen molar-refractivity contribution in [3.05, 3.63) is 150 Å². The maximum atomic E-state index is 12.9. The molecule has 4 aromatic carbocycles. The van der Waals surface area contributed by atoms with Crippen LogP contribution in [0.25, 0.3) is 21.8 Å². The predicted molar refractivity (Wildman–Crippen MR) is 215 cm³/mol. The third-order valence-corrected chi connectivity index (χ3v) is 9.51. The van der Waals surface area contributed by atoms with E-state index in [0.29, 0.717) is 46.1 Å². The Balaban J connectivity index is 1.09. The van der Waals surface area contributed by atoms with E-state index >= 15 is 0 Å². The van der Waals surface area contributed by atoms with Gasteiger partial charge in [-0.05, 0) is 79.4 Å². The lowest BCUT2D eigenvalue weighted by Gasteiger charge is -2.42. The van der Waals surface area contributed by atoms with Gasteiger partial charge in [-0.25, -0.2) is 4.79 Å². The van der Waals surface area contributed by atoms with E-state index in [1.165, 1.54) is 0 Å². The van der Waals surface area contributed by atoms with E-state index in [2.05, 4.69) is 58.5 Å². The Labute approximate surface area is 328 Å². The van der Waals surface area contributed by atoms with Gasteiger partial charge in [0.15, 0.2) is 0 Å². The molecule has 0 saturated carbocycles. The maximum absolute atomic E-state index is 12.9. The Kier molecular flexibility index (Phi) is 12.8. The minimum atomic E-state index is -0.776. The molecule has 1 aliphatic heterocycles. The van der Waals surface area contributed by atoms with Crippen LogP contribution in [0.15, 0.2) is 128 Å². The van der Waals surface area contributed by atoms with E-state index in [-0.39, 0.29) is 5.92 Å². The predicted octanol–water partition coefficient (Wildman–Crippen LogP) is 9.21. The van der Waals surface area contributed by atoms with Gasteiger partial charge in [0.25, 0.3) is 0 Å². The summed E-state index contributed by atoms with van der Waals surface area (Å²) in [6.45, 7) is 8.40. The fourth-order valence-corrected chi connectivity index (χ4v) is 6.84. The van der Waals surface area contributed by atoms with Crippen molar-refractivity contribution >= 4 is 28.0 Å². The van der Waals surface area contributed by atoms with Crippen LogP contribution in [0.2, 0.25) is 0 Å². The van der Waals surface area contributed by atoms with Crippen molar-refractivity contribution in [1.29, 1.82) is 0 Å². The van der Waals surface area contributed by atoms with Gasteiger partial charge in [0, 0.05) is 35.5 Å². The summed E-state index contributed by atoms with van der Waals surface area (Å²) in [6, 6.07) is 38.5. The Hall–Kier alpha value is -5.39. The molecule has 290 valence electrons. The van der Waals surface area contributed by atoms with Crippen LogP contribution in [0.3, 0.4) is 0 Å². The quantitative estimate of drug-likeness (QED) is 0.0745. The highest BCUT2D eigenvalue weighted by molar-refractivity contribution is 5.79. The number of rotatable bonds is 15. The van der Waals surface area contributed by atoms with Crippen molar-refractivity contribution in [1.82, 2.24) is 15.0 Å². The van der Waals surface area contributed by atoms with E-state index < -0.39 is 24.0 Å². The van der Waals surface area contributed by atoms with Gasteiger partial charge in [0.2, 0.25) is 0 Å². The van der Waals surface area contributed by atoms with E-state index in [1.54, 1.807) is 17.5 Å². The molecule has 7 rings (SSSR count). The van der Waals surface area contributed by atoms with Crippen LogP contribution in [0.4, 0.5) is 4.79 Å². The standard InChI is InChI=1S/C46H49N3O7/c1-46(2,3)55-45(50)56-49-28-42(53-31-34-14-16-36-12-7-22-47-40(36)26-34)44(43(29-49)54-32-35-15-17-37-13-8-23-48-41(37)27-35)38-18-20-39(21-19-38)52-25-9-24-51-30-33-10-5-4-6-11-33/h4-8,10-23,26-27,42-44H,9,24-25,28-32H2,1-3H3/t42-,43+,44?. The van der Waals surface area contributed by atoms with E-state index in [4.69, 9.17) is 28.5 Å². The van der Waals surface area contributed by atoms with Crippen LogP contribution >= 0.6 is 0 Å². The topological polar surface area (TPSA) is 101 Å². The molecule has 0 aliphatic carbocycles.